The van der Waals surface area contributed by atoms with Crippen molar-refractivity contribution in [2.75, 3.05) is 33.9 Å². The number of aliphatic hydroxyl groups is 1. The fourth-order valence-electron chi connectivity index (χ4n) is 3.00. The molecule has 2 atom stereocenters. The molecule has 2 unspecified atom stereocenters. The summed E-state index contributed by atoms with van der Waals surface area (Å²) in [5, 5.41) is 9.94. The van der Waals surface area contributed by atoms with Crippen LogP contribution in [-0.2, 0) is 11.3 Å². The Kier molecular flexibility index (Phi) is 6.49. The second-order valence-corrected chi connectivity index (χ2v) is 5.90. The third-order valence-electron chi connectivity index (χ3n) is 4.12. The fourth-order valence-corrected chi connectivity index (χ4v) is 3.00. The van der Waals surface area contributed by atoms with Crippen LogP contribution in [0.25, 0.3) is 0 Å². The Balaban J connectivity index is 1.88. The Bertz CT molecular complexity index is 424. The maximum atomic E-state index is 9.94. The molecule has 4 nitrogen and oxygen atoms in total. The second kappa shape index (κ2) is 8.37. The number of ether oxygens (including phenoxy) is 2. The molecule has 0 amide bonds. The van der Waals surface area contributed by atoms with Crippen molar-refractivity contribution in [1.29, 1.82) is 0 Å². The van der Waals surface area contributed by atoms with E-state index in [0.29, 0.717) is 19.1 Å². The standard InChI is InChI=1S/C17H27NO3/c1-18(12-14-7-5-8-16(14)19)13-15-6-3-4-9-17(15)21-11-10-20-2/h3-4,6,9,14,16,19H,5,7-8,10-13H2,1-2H3. The number of benzene rings is 1. The first kappa shape index (κ1) is 16.3. The molecule has 21 heavy (non-hydrogen) atoms. The van der Waals surface area contributed by atoms with Gasteiger partial charge in [-0.3, -0.25) is 0 Å². The Morgan fingerprint density at radius 1 is 1.24 bits per heavy atom. The normalized spacial score (nSPS) is 21.9. The number of nitrogens with zero attached hydrogens (tertiary/aromatic N) is 1. The minimum absolute atomic E-state index is 0.124. The molecule has 1 aromatic carbocycles. The van der Waals surface area contributed by atoms with Crippen molar-refractivity contribution in [2.45, 2.75) is 31.9 Å². The van der Waals surface area contributed by atoms with Crippen LogP contribution in [0, 0.1) is 5.92 Å². The van der Waals surface area contributed by atoms with Crippen LogP contribution in [0.15, 0.2) is 24.3 Å². The van der Waals surface area contributed by atoms with E-state index in [-0.39, 0.29) is 6.10 Å². The van der Waals surface area contributed by atoms with Crippen LogP contribution in [0.5, 0.6) is 5.75 Å². The number of hydrogen-bond acceptors (Lipinski definition) is 4. The van der Waals surface area contributed by atoms with E-state index in [1.807, 2.05) is 18.2 Å². The molecule has 0 saturated heterocycles. The fraction of sp³-hybridized carbons (Fsp3) is 0.647. The molecule has 1 aliphatic carbocycles. The number of methoxy groups -OCH3 is 1. The Labute approximate surface area is 127 Å². The van der Waals surface area contributed by atoms with Crippen LogP contribution in [0.2, 0.25) is 0 Å². The highest BCUT2D eigenvalue weighted by Crippen LogP contribution is 2.27. The van der Waals surface area contributed by atoms with Crippen LogP contribution in [0.1, 0.15) is 24.8 Å². The van der Waals surface area contributed by atoms with Gasteiger partial charge >= 0.3 is 0 Å². The van der Waals surface area contributed by atoms with E-state index < -0.39 is 0 Å². The molecule has 0 heterocycles. The van der Waals surface area contributed by atoms with Gasteiger partial charge in [0.1, 0.15) is 12.4 Å². The molecule has 4 heteroatoms. The summed E-state index contributed by atoms with van der Waals surface area (Å²) in [6, 6.07) is 8.14. The van der Waals surface area contributed by atoms with Gasteiger partial charge in [0.2, 0.25) is 0 Å². The lowest BCUT2D eigenvalue weighted by molar-refractivity contribution is 0.107. The number of hydrogen-bond donors (Lipinski definition) is 1. The molecule has 0 aromatic heterocycles. The molecule has 118 valence electrons. The van der Waals surface area contributed by atoms with E-state index in [9.17, 15) is 5.11 Å². The van der Waals surface area contributed by atoms with Crippen LogP contribution < -0.4 is 4.74 Å². The smallest absolute Gasteiger partial charge is 0.123 e. The molecule has 2 rings (SSSR count). The molecule has 1 saturated carbocycles. The topological polar surface area (TPSA) is 41.9 Å². The molecular weight excluding hydrogens is 266 g/mol. The zero-order valence-corrected chi connectivity index (χ0v) is 13.1. The first-order valence-corrected chi connectivity index (χ1v) is 7.77. The van der Waals surface area contributed by atoms with Crippen LogP contribution in [-0.4, -0.2) is 50.0 Å². The molecule has 0 bridgehead atoms. The maximum absolute atomic E-state index is 9.94. The number of aliphatic hydroxyl groups excluding tert-OH is 1. The van der Waals surface area contributed by atoms with Gasteiger partial charge in [0.15, 0.2) is 0 Å². The molecular formula is C17H27NO3. The zero-order chi connectivity index (χ0) is 15.1. The van der Waals surface area contributed by atoms with Gasteiger partial charge in [-0.1, -0.05) is 24.6 Å². The molecule has 0 aliphatic heterocycles. The molecule has 1 aromatic rings. The lowest BCUT2D eigenvalue weighted by Crippen LogP contribution is -2.29. The van der Waals surface area contributed by atoms with Gasteiger partial charge in [0.05, 0.1) is 12.7 Å². The van der Waals surface area contributed by atoms with Crippen molar-refractivity contribution in [1.82, 2.24) is 4.90 Å². The average molecular weight is 293 g/mol. The predicted octanol–water partition coefficient (Wildman–Crippen LogP) is 2.30. The van der Waals surface area contributed by atoms with Crippen LogP contribution in [0.3, 0.4) is 0 Å². The van der Waals surface area contributed by atoms with Gasteiger partial charge in [0, 0.05) is 25.8 Å². The van der Waals surface area contributed by atoms with E-state index in [1.54, 1.807) is 7.11 Å². The van der Waals surface area contributed by atoms with Crippen molar-refractivity contribution in [3.05, 3.63) is 29.8 Å². The third kappa shape index (κ3) is 4.99. The zero-order valence-electron chi connectivity index (χ0n) is 13.1. The summed E-state index contributed by atoms with van der Waals surface area (Å²) < 4.78 is 10.8. The SMILES string of the molecule is COCCOc1ccccc1CN(C)CC1CCCC1O. The van der Waals surface area contributed by atoms with Crippen LogP contribution in [0.4, 0.5) is 0 Å². The van der Waals surface area contributed by atoms with E-state index >= 15 is 0 Å². The second-order valence-electron chi connectivity index (χ2n) is 5.90. The van der Waals surface area contributed by atoms with Gasteiger partial charge in [-0.25, -0.2) is 0 Å². The molecule has 1 N–H and O–H groups in total. The van der Waals surface area contributed by atoms with Crippen molar-refractivity contribution in [3.8, 4) is 5.75 Å². The quantitative estimate of drug-likeness (QED) is 0.747. The molecule has 1 aliphatic rings. The highest BCUT2D eigenvalue weighted by Gasteiger charge is 2.26. The van der Waals surface area contributed by atoms with Gasteiger partial charge in [-0.15, -0.1) is 0 Å². The monoisotopic (exact) mass is 293 g/mol. The summed E-state index contributed by atoms with van der Waals surface area (Å²) in [4.78, 5) is 2.28. The Morgan fingerprint density at radius 3 is 2.76 bits per heavy atom. The molecule has 1 fully saturated rings. The van der Waals surface area contributed by atoms with E-state index in [4.69, 9.17) is 9.47 Å². The van der Waals surface area contributed by atoms with Crippen molar-refractivity contribution >= 4 is 0 Å². The van der Waals surface area contributed by atoms with E-state index in [2.05, 4.69) is 18.0 Å². The summed E-state index contributed by atoms with van der Waals surface area (Å²) >= 11 is 0. The highest BCUT2D eigenvalue weighted by molar-refractivity contribution is 5.33. The third-order valence-corrected chi connectivity index (χ3v) is 4.12. The molecule has 0 radical (unpaired) electrons. The average Bonchev–Trinajstić information content (AvgIpc) is 2.86. The first-order chi connectivity index (χ1) is 10.2. The minimum atomic E-state index is -0.124. The van der Waals surface area contributed by atoms with E-state index in [1.165, 1.54) is 5.56 Å². The number of para-hydroxylation sites is 1. The summed E-state index contributed by atoms with van der Waals surface area (Å²) in [7, 11) is 3.78. The lowest BCUT2D eigenvalue weighted by atomic mass is 10.1. The lowest BCUT2D eigenvalue weighted by Gasteiger charge is -2.24. The summed E-state index contributed by atoms with van der Waals surface area (Å²) in [6.45, 7) is 2.94. The minimum Gasteiger partial charge on any atom is -0.491 e. The summed E-state index contributed by atoms with van der Waals surface area (Å²) in [5.41, 5.74) is 1.18. The highest BCUT2D eigenvalue weighted by atomic mass is 16.5. The van der Waals surface area contributed by atoms with Crippen molar-refractivity contribution < 1.29 is 14.6 Å². The Morgan fingerprint density at radius 2 is 2.05 bits per heavy atom. The maximum Gasteiger partial charge on any atom is 0.123 e. The van der Waals surface area contributed by atoms with E-state index in [0.717, 1.165) is 38.1 Å². The Hall–Kier alpha value is -1.10. The van der Waals surface area contributed by atoms with Gasteiger partial charge in [-0.05, 0) is 31.9 Å². The van der Waals surface area contributed by atoms with Crippen molar-refractivity contribution in [2.24, 2.45) is 5.92 Å². The van der Waals surface area contributed by atoms with Gasteiger partial charge in [0.25, 0.3) is 0 Å². The van der Waals surface area contributed by atoms with Crippen molar-refractivity contribution in [3.63, 3.8) is 0 Å². The summed E-state index contributed by atoms with van der Waals surface area (Å²) in [5.74, 6) is 1.34. The van der Waals surface area contributed by atoms with Crippen LogP contribution >= 0.6 is 0 Å². The summed E-state index contributed by atoms with van der Waals surface area (Å²) in [6.07, 6.45) is 3.11. The largest absolute Gasteiger partial charge is 0.491 e. The predicted molar refractivity (Wildman–Crippen MR) is 83.5 cm³/mol. The first-order valence-electron chi connectivity index (χ1n) is 7.77. The number of rotatable bonds is 8. The van der Waals surface area contributed by atoms with Gasteiger partial charge < -0.3 is 19.5 Å². The van der Waals surface area contributed by atoms with Gasteiger partial charge in [-0.2, -0.15) is 0 Å². The molecule has 0 spiro atoms.